The molecule has 0 aliphatic carbocycles. The summed E-state index contributed by atoms with van der Waals surface area (Å²) in [5, 5.41) is 2.92. The number of aromatic nitrogens is 1. The zero-order chi connectivity index (χ0) is 21.5. The van der Waals surface area contributed by atoms with Gasteiger partial charge in [0.15, 0.2) is 0 Å². The van der Waals surface area contributed by atoms with Crippen LogP contribution in [-0.4, -0.2) is 28.7 Å². The summed E-state index contributed by atoms with van der Waals surface area (Å²) in [6, 6.07) is 18.6. The van der Waals surface area contributed by atoms with Gasteiger partial charge in [-0.05, 0) is 54.4 Å². The van der Waals surface area contributed by atoms with Crippen LogP contribution >= 0.6 is 0 Å². The Kier molecular flexibility index (Phi) is 6.80. The highest BCUT2D eigenvalue weighted by atomic mass is 16.5. The molecular weight excluding hydrogens is 378 g/mol. The van der Waals surface area contributed by atoms with Gasteiger partial charge in [-0.1, -0.05) is 24.3 Å². The third kappa shape index (κ3) is 5.91. The van der Waals surface area contributed by atoms with Crippen LogP contribution in [0.5, 0.6) is 5.75 Å². The molecule has 0 atom stereocenters. The lowest BCUT2D eigenvalue weighted by atomic mass is 10.1. The minimum absolute atomic E-state index is 0.00936. The first-order valence-corrected chi connectivity index (χ1v) is 9.67. The lowest BCUT2D eigenvalue weighted by molar-refractivity contribution is -0.128. The van der Waals surface area contributed by atoms with E-state index in [0.29, 0.717) is 30.2 Å². The molecule has 1 aromatic heterocycles. The van der Waals surface area contributed by atoms with Crippen molar-refractivity contribution in [3.8, 4) is 5.75 Å². The summed E-state index contributed by atoms with van der Waals surface area (Å²) in [4.78, 5) is 29.9. The number of nitrogens with one attached hydrogen (secondary N) is 1. The molecule has 6 heteroatoms. The van der Waals surface area contributed by atoms with Crippen molar-refractivity contribution < 1.29 is 14.3 Å². The number of anilines is 1. The number of benzene rings is 2. The topological polar surface area (TPSA) is 71.5 Å². The van der Waals surface area contributed by atoms with Crippen LogP contribution in [0.1, 0.15) is 34.1 Å². The molecule has 1 heterocycles. The minimum atomic E-state index is -0.203. The number of carbonyl (C=O) groups is 2. The third-order valence-corrected chi connectivity index (χ3v) is 4.62. The van der Waals surface area contributed by atoms with E-state index in [-0.39, 0.29) is 11.8 Å². The van der Waals surface area contributed by atoms with Crippen LogP contribution in [0.2, 0.25) is 0 Å². The molecule has 2 aromatic carbocycles. The summed E-state index contributed by atoms with van der Waals surface area (Å²) < 4.78 is 5.75. The van der Waals surface area contributed by atoms with Crippen molar-refractivity contribution in [2.24, 2.45) is 0 Å². The molecule has 0 unspecified atom stereocenters. The van der Waals surface area contributed by atoms with Crippen LogP contribution in [0.25, 0.3) is 0 Å². The average Bonchev–Trinajstić information content (AvgIpc) is 2.73. The highest BCUT2D eigenvalue weighted by Crippen LogP contribution is 2.16. The maximum atomic E-state index is 12.7. The number of nitrogens with zero attached hydrogens (tertiary/aromatic N) is 2. The Morgan fingerprint density at radius 2 is 1.80 bits per heavy atom. The summed E-state index contributed by atoms with van der Waals surface area (Å²) in [7, 11) is 1.74. The Labute approximate surface area is 176 Å². The van der Waals surface area contributed by atoms with Gasteiger partial charge in [0.25, 0.3) is 5.91 Å². The molecule has 0 aliphatic heterocycles. The number of amides is 2. The highest BCUT2D eigenvalue weighted by Gasteiger charge is 2.09. The maximum absolute atomic E-state index is 12.7. The highest BCUT2D eigenvalue weighted by molar-refractivity contribution is 6.04. The standard InChI is InChI=1S/C24H25N3O3/c1-17-10-11-23(14-25-17)30-16-20-7-4-8-21(12-20)24(29)26-22-9-5-6-19(13-22)15-27(3)18(2)28/h4-14H,15-16H2,1-3H3,(H,26,29). The molecule has 154 valence electrons. The predicted molar refractivity (Wildman–Crippen MR) is 116 cm³/mol. The van der Waals surface area contributed by atoms with E-state index < -0.39 is 0 Å². The number of hydrogen-bond donors (Lipinski definition) is 1. The molecule has 0 fully saturated rings. The summed E-state index contributed by atoms with van der Waals surface area (Å²) in [5.41, 5.74) is 3.99. The number of pyridine rings is 1. The van der Waals surface area contributed by atoms with Crippen molar-refractivity contribution >= 4 is 17.5 Å². The van der Waals surface area contributed by atoms with E-state index in [1.807, 2.05) is 61.5 Å². The van der Waals surface area contributed by atoms with E-state index in [1.54, 1.807) is 24.2 Å². The fourth-order valence-corrected chi connectivity index (χ4v) is 2.84. The molecule has 2 amide bonds. The van der Waals surface area contributed by atoms with Crippen molar-refractivity contribution in [2.45, 2.75) is 27.0 Å². The SMILES string of the molecule is CC(=O)N(C)Cc1cccc(NC(=O)c2cccc(COc3ccc(C)nc3)c2)c1. The summed E-state index contributed by atoms with van der Waals surface area (Å²) in [6.45, 7) is 4.28. The van der Waals surface area contributed by atoms with Gasteiger partial charge in [-0.15, -0.1) is 0 Å². The normalized spacial score (nSPS) is 10.4. The number of aryl methyl sites for hydroxylation is 1. The second-order valence-electron chi connectivity index (χ2n) is 7.15. The second-order valence-corrected chi connectivity index (χ2v) is 7.15. The van der Waals surface area contributed by atoms with Gasteiger partial charge in [0.2, 0.25) is 5.91 Å². The zero-order valence-electron chi connectivity index (χ0n) is 17.4. The van der Waals surface area contributed by atoms with E-state index in [1.165, 1.54) is 6.92 Å². The van der Waals surface area contributed by atoms with Gasteiger partial charge in [-0.3, -0.25) is 14.6 Å². The number of hydrogen-bond acceptors (Lipinski definition) is 4. The Balaban J connectivity index is 1.63. The largest absolute Gasteiger partial charge is 0.487 e. The molecule has 1 N–H and O–H groups in total. The number of ether oxygens (including phenoxy) is 1. The lowest BCUT2D eigenvalue weighted by Gasteiger charge is -2.15. The molecule has 0 saturated heterocycles. The quantitative estimate of drug-likeness (QED) is 0.642. The molecule has 0 aliphatic rings. The predicted octanol–water partition coefficient (Wildman–Crippen LogP) is 4.20. The third-order valence-electron chi connectivity index (χ3n) is 4.62. The second kappa shape index (κ2) is 9.69. The molecule has 3 rings (SSSR count). The molecule has 0 radical (unpaired) electrons. The Hall–Kier alpha value is -3.67. The number of rotatable bonds is 7. The molecule has 6 nitrogen and oxygen atoms in total. The smallest absolute Gasteiger partial charge is 0.255 e. The van der Waals surface area contributed by atoms with Crippen LogP contribution in [0, 0.1) is 6.92 Å². The van der Waals surface area contributed by atoms with Crippen molar-refractivity contribution in [3.05, 3.63) is 89.2 Å². The summed E-state index contributed by atoms with van der Waals surface area (Å²) in [6.07, 6.45) is 1.68. The average molecular weight is 403 g/mol. The summed E-state index contributed by atoms with van der Waals surface area (Å²) >= 11 is 0. The number of carbonyl (C=O) groups excluding carboxylic acids is 2. The van der Waals surface area contributed by atoms with Crippen LogP contribution in [0.3, 0.4) is 0 Å². The van der Waals surface area contributed by atoms with Crippen LogP contribution < -0.4 is 10.1 Å². The Morgan fingerprint density at radius 1 is 1.03 bits per heavy atom. The van der Waals surface area contributed by atoms with Crippen LogP contribution in [0.4, 0.5) is 5.69 Å². The first-order chi connectivity index (χ1) is 14.4. The van der Waals surface area contributed by atoms with Gasteiger partial charge in [0.1, 0.15) is 12.4 Å². The zero-order valence-corrected chi connectivity index (χ0v) is 17.4. The van der Waals surface area contributed by atoms with Gasteiger partial charge in [0, 0.05) is 37.5 Å². The fraction of sp³-hybridized carbons (Fsp3) is 0.208. The molecule has 0 saturated carbocycles. The van der Waals surface area contributed by atoms with Crippen molar-refractivity contribution in [1.82, 2.24) is 9.88 Å². The van der Waals surface area contributed by atoms with E-state index in [0.717, 1.165) is 16.8 Å². The van der Waals surface area contributed by atoms with Gasteiger partial charge in [-0.2, -0.15) is 0 Å². The Bertz CT molecular complexity index is 1030. The van der Waals surface area contributed by atoms with Crippen molar-refractivity contribution in [3.63, 3.8) is 0 Å². The van der Waals surface area contributed by atoms with E-state index in [4.69, 9.17) is 4.74 Å². The molecule has 30 heavy (non-hydrogen) atoms. The monoisotopic (exact) mass is 403 g/mol. The fourth-order valence-electron chi connectivity index (χ4n) is 2.84. The van der Waals surface area contributed by atoms with Crippen molar-refractivity contribution in [1.29, 1.82) is 0 Å². The molecule has 0 spiro atoms. The van der Waals surface area contributed by atoms with Gasteiger partial charge in [-0.25, -0.2) is 0 Å². The van der Waals surface area contributed by atoms with Gasteiger partial charge in [0.05, 0.1) is 6.20 Å². The van der Waals surface area contributed by atoms with Crippen LogP contribution in [0.15, 0.2) is 66.9 Å². The maximum Gasteiger partial charge on any atom is 0.255 e. The van der Waals surface area contributed by atoms with E-state index in [9.17, 15) is 9.59 Å². The summed E-state index contributed by atoms with van der Waals surface area (Å²) in [5.74, 6) is 0.471. The van der Waals surface area contributed by atoms with Crippen molar-refractivity contribution in [2.75, 3.05) is 12.4 Å². The molecule has 3 aromatic rings. The first kappa shape index (κ1) is 21.0. The lowest BCUT2D eigenvalue weighted by Crippen LogP contribution is -2.23. The molecular formula is C24H25N3O3. The van der Waals surface area contributed by atoms with Gasteiger partial charge < -0.3 is 15.0 Å². The van der Waals surface area contributed by atoms with Gasteiger partial charge >= 0.3 is 0 Å². The van der Waals surface area contributed by atoms with E-state index in [2.05, 4.69) is 10.3 Å². The first-order valence-electron chi connectivity index (χ1n) is 9.67. The van der Waals surface area contributed by atoms with E-state index >= 15 is 0 Å². The Morgan fingerprint density at radius 3 is 2.53 bits per heavy atom. The minimum Gasteiger partial charge on any atom is -0.487 e. The molecule has 0 bridgehead atoms. The van der Waals surface area contributed by atoms with Crippen LogP contribution in [-0.2, 0) is 17.9 Å².